The van der Waals surface area contributed by atoms with Gasteiger partial charge in [-0.3, -0.25) is 4.79 Å². The van der Waals surface area contributed by atoms with E-state index >= 15 is 0 Å². The highest BCUT2D eigenvalue weighted by Gasteiger charge is 2.20. The first-order valence-corrected chi connectivity index (χ1v) is 5.53. The average molecular weight is 232 g/mol. The Morgan fingerprint density at radius 1 is 1.35 bits per heavy atom. The molecule has 2 aromatic heterocycles. The summed E-state index contributed by atoms with van der Waals surface area (Å²) in [6.45, 7) is 3.11. The normalized spacial score (nSPS) is 16.4. The van der Waals surface area contributed by atoms with E-state index in [0.29, 0.717) is 11.2 Å². The van der Waals surface area contributed by atoms with E-state index in [1.54, 1.807) is 18.3 Å². The predicted molar refractivity (Wildman–Crippen MR) is 59.6 cm³/mol. The van der Waals surface area contributed by atoms with Gasteiger partial charge in [0.2, 0.25) is 0 Å². The molecule has 3 heterocycles. The van der Waals surface area contributed by atoms with E-state index in [-0.39, 0.29) is 5.91 Å². The predicted octanol–water partition coefficient (Wildman–Crippen LogP) is -0.830. The van der Waals surface area contributed by atoms with Gasteiger partial charge in [0.05, 0.1) is 5.56 Å². The first-order chi connectivity index (χ1) is 8.36. The minimum atomic E-state index is -0.00750. The van der Waals surface area contributed by atoms with Crippen molar-refractivity contribution in [3.8, 4) is 0 Å². The fourth-order valence-corrected chi connectivity index (χ4v) is 1.97. The Hall–Kier alpha value is -2.02. The van der Waals surface area contributed by atoms with Crippen LogP contribution in [0.15, 0.2) is 18.3 Å². The number of tetrazole rings is 1. The molecule has 0 spiro atoms. The van der Waals surface area contributed by atoms with Gasteiger partial charge in [-0.15, -0.1) is 5.10 Å². The van der Waals surface area contributed by atoms with Crippen LogP contribution >= 0.6 is 0 Å². The first-order valence-electron chi connectivity index (χ1n) is 5.53. The van der Waals surface area contributed by atoms with Gasteiger partial charge >= 0.3 is 0 Å². The molecule has 0 aliphatic carbocycles. The molecule has 0 atom stereocenters. The molecular formula is C10H12N6O. The third kappa shape index (κ3) is 1.74. The standard InChI is InChI=1S/C10H12N6O/c17-10(15-6-3-11-4-7-15)8-2-1-5-16-9(8)12-13-14-16/h1-2,5,11H,3-4,6-7H2. The summed E-state index contributed by atoms with van der Waals surface area (Å²) >= 11 is 0. The summed E-state index contributed by atoms with van der Waals surface area (Å²) in [6, 6.07) is 3.54. The minimum absolute atomic E-state index is 0.00750. The van der Waals surface area contributed by atoms with Gasteiger partial charge in [0.15, 0.2) is 5.65 Å². The molecule has 7 nitrogen and oxygen atoms in total. The van der Waals surface area contributed by atoms with Gasteiger partial charge in [-0.2, -0.15) is 4.52 Å². The van der Waals surface area contributed by atoms with Crippen LogP contribution in [0.2, 0.25) is 0 Å². The van der Waals surface area contributed by atoms with Gasteiger partial charge < -0.3 is 10.2 Å². The molecule has 17 heavy (non-hydrogen) atoms. The summed E-state index contributed by atoms with van der Waals surface area (Å²) in [5.74, 6) is -0.00750. The fourth-order valence-electron chi connectivity index (χ4n) is 1.97. The number of pyridine rings is 1. The maximum atomic E-state index is 12.3. The number of carbonyl (C=O) groups excluding carboxylic acids is 1. The lowest BCUT2D eigenvalue weighted by Crippen LogP contribution is -2.46. The Labute approximate surface area is 97.4 Å². The Morgan fingerprint density at radius 3 is 3.00 bits per heavy atom. The van der Waals surface area contributed by atoms with E-state index < -0.39 is 0 Å². The number of amides is 1. The average Bonchev–Trinajstić information content (AvgIpc) is 2.87. The monoisotopic (exact) mass is 232 g/mol. The number of piperazine rings is 1. The van der Waals surface area contributed by atoms with E-state index in [1.807, 2.05) is 4.90 Å². The Morgan fingerprint density at radius 2 is 2.18 bits per heavy atom. The molecule has 0 bridgehead atoms. The van der Waals surface area contributed by atoms with Crippen LogP contribution in [-0.4, -0.2) is 57.0 Å². The van der Waals surface area contributed by atoms with E-state index in [9.17, 15) is 4.79 Å². The lowest BCUT2D eigenvalue weighted by molar-refractivity contribution is 0.0737. The second-order valence-corrected chi connectivity index (χ2v) is 3.91. The molecule has 1 saturated heterocycles. The quantitative estimate of drug-likeness (QED) is 0.694. The second-order valence-electron chi connectivity index (χ2n) is 3.91. The second kappa shape index (κ2) is 4.10. The van der Waals surface area contributed by atoms with Crippen molar-refractivity contribution < 1.29 is 4.79 Å². The number of hydrogen-bond donors (Lipinski definition) is 1. The van der Waals surface area contributed by atoms with Crippen LogP contribution in [0.1, 0.15) is 10.4 Å². The number of hydrogen-bond acceptors (Lipinski definition) is 5. The highest BCUT2D eigenvalue weighted by Crippen LogP contribution is 2.10. The van der Waals surface area contributed by atoms with Crippen LogP contribution in [0.4, 0.5) is 0 Å². The summed E-state index contributed by atoms with van der Waals surface area (Å²) in [5.41, 5.74) is 1.07. The van der Waals surface area contributed by atoms with Crippen molar-refractivity contribution in [1.29, 1.82) is 0 Å². The van der Waals surface area contributed by atoms with Crippen molar-refractivity contribution >= 4 is 11.6 Å². The molecule has 0 saturated carbocycles. The van der Waals surface area contributed by atoms with E-state index in [1.165, 1.54) is 4.52 Å². The topological polar surface area (TPSA) is 75.4 Å². The summed E-state index contributed by atoms with van der Waals surface area (Å²) in [6.07, 6.45) is 1.73. The first kappa shape index (κ1) is 10.2. The van der Waals surface area contributed by atoms with Crippen molar-refractivity contribution in [3.05, 3.63) is 23.9 Å². The number of carbonyl (C=O) groups is 1. The largest absolute Gasteiger partial charge is 0.336 e. The molecule has 2 aromatic rings. The summed E-state index contributed by atoms with van der Waals surface area (Å²) < 4.78 is 1.51. The van der Waals surface area contributed by atoms with E-state index in [2.05, 4.69) is 20.8 Å². The molecule has 0 radical (unpaired) electrons. The molecule has 1 N–H and O–H groups in total. The highest BCUT2D eigenvalue weighted by atomic mass is 16.2. The highest BCUT2D eigenvalue weighted by molar-refractivity contribution is 5.99. The van der Waals surface area contributed by atoms with Crippen molar-refractivity contribution in [2.24, 2.45) is 0 Å². The zero-order chi connectivity index (χ0) is 11.7. The van der Waals surface area contributed by atoms with Gasteiger partial charge in [0, 0.05) is 32.4 Å². The van der Waals surface area contributed by atoms with Gasteiger partial charge in [-0.05, 0) is 22.6 Å². The van der Waals surface area contributed by atoms with Crippen molar-refractivity contribution in [2.75, 3.05) is 26.2 Å². The number of nitrogens with zero attached hydrogens (tertiary/aromatic N) is 5. The molecule has 7 heteroatoms. The van der Waals surface area contributed by atoms with Crippen LogP contribution < -0.4 is 5.32 Å². The van der Waals surface area contributed by atoms with Gasteiger partial charge in [-0.25, -0.2) is 0 Å². The lowest BCUT2D eigenvalue weighted by Gasteiger charge is -2.27. The fraction of sp³-hybridized carbons (Fsp3) is 0.400. The van der Waals surface area contributed by atoms with Crippen LogP contribution in [0.5, 0.6) is 0 Å². The smallest absolute Gasteiger partial charge is 0.257 e. The van der Waals surface area contributed by atoms with Crippen molar-refractivity contribution in [1.82, 2.24) is 30.3 Å². The third-order valence-electron chi connectivity index (χ3n) is 2.86. The van der Waals surface area contributed by atoms with E-state index in [0.717, 1.165) is 26.2 Å². The maximum absolute atomic E-state index is 12.3. The molecule has 1 fully saturated rings. The number of rotatable bonds is 1. The van der Waals surface area contributed by atoms with Crippen molar-refractivity contribution in [3.63, 3.8) is 0 Å². The number of fused-ring (bicyclic) bond motifs is 1. The van der Waals surface area contributed by atoms with Gasteiger partial charge in [0.25, 0.3) is 5.91 Å². The van der Waals surface area contributed by atoms with Crippen LogP contribution in [0.3, 0.4) is 0 Å². The molecule has 0 aromatic carbocycles. The maximum Gasteiger partial charge on any atom is 0.257 e. The molecule has 1 aliphatic rings. The molecule has 1 aliphatic heterocycles. The third-order valence-corrected chi connectivity index (χ3v) is 2.86. The van der Waals surface area contributed by atoms with Gasteiger partial charge in [0.1, 0.15) is 0 Å². The van der Waals surface area contributed by atoms with E-state index in [4.69, 9.17) is 0 Å². The lowest BCUT2D eigenvalue weighted by atomic mass is 10.2. The summed E-state index contributed by atoms with van der Waals surface area (Å²) in [4.78, 5) is 14.1. The zero-order valence-electron chi connectivity index (χ0n) is 9.20. The molecule has 1 amide bonds. The Kier molecular flexibility index (Phi) is 2.45. The summed E-state index contributed by atoms with van der Waals surface area (Å²) in [7, 11) is 0. The van der Waals surface area contributed by atoms with Crippen LogP contribution in [0.25, 0.3) is 5.65 Å². The van der Waals surface area contributed by atoms with Crippen LogP contribution in [0, 0.1) is 0 Å². The van der Waals surface area contributed by atoms with Crippen molar-refractivity contribution in [2.45, 2.75) is 0 Å². The Bertz CT molecular complexity index is 544. The Balaban J connectivity index is 1.97. The molecule has 0 unspecified atom stereocenters. The summed E-state index contributed by atoms with van der Waals surface area (Å²) in [5, 5.41) is 14.4. The van der Waals surface area contributed by atoms with Gasteiger partial charge in [-0.1, -0.05) is 0 Å². The number of nitrogens with one attached hydrogen (secondary N) is 1. The SMILES string of the molecule is O=C(c1cccn2nnnc12)N1CCNCC1. The number of aromatic nitrogens is 4. The zero-order valence-corrected chi connectivity index (χ0v) is 9.20. The molecule has 3 rings (SSSR count). The molecular weight excluding hydrogens is 220 g/mol. The minimum Gasteiger partial charge on any atom is -0.336 e. The molecule has 88 valence electrons. The van der Waals surface area contributed by atoms with Crippen LogP contribution in [-0.2, 0) is 0 Å².